The molecule has 2 aliphatic carbocycles. The van der Waals surface area contributed by atoms with Crippen molar-refractivity contribution in [1.29, 1.82) is 0 Å². The van der Waals surface area contributed by atoms with Crippen LogP contribution in [0.4, 0.5) is 0 Å². The van der Waals surface area contributed by atoms with E-state index in [4.69, 9.17) is 15.6 Å². The first kappa shape index (κ1) is 13.8. The third kappa shape index (κ3) is 3.23. The number of nitrogens with two attached hydrogens (primary N) is 1. The van der Waals surface area contributed by atoms with Crippen LogP contribution in [-0.4, -0.2) is 29.3 Å². The summed E-state index contributed by atoms with van der Waals surface area (Å²) in [6.07, 6.45) is 6.97. The van der Waals surface area contributed by atoms with Crippen LogP contribution in [0.15, 0.2) is 0 Å². The van der Waals surface area contributed by atoms with Crippen LogP contribution in [-0.2, 0) is 9.53 Å². The van der Waals surface area contributed by atoms with E-state index in [2.05, 4.69) is 6.92 Å². The van der Waals surface area contributed by atoms with Gasteiger partial charge in [0.2, 0.25) is 0 Å². The zero-order valence-electron chi connectivity index (χ0n) is 11.2. The molecule has 4 atom stereocenters. The van der Waals surface area contributed by atoms with Gasteiger partial charge in [0.1, 0.15) is 5.54 Å². The van der Waals surface area contributed by atoms with E-state index >= 15 is 0 Å². The summed E-state index contributed by atoms with van der Waals surface area (Å²) in [6, 6.07) is 0. The predicted molar refractivity (Wildman–Crippen MR) is 69.3 cm³/mol. The zero-order valence-corrected chi connectivity index (χ0v) is 11.2. The second-order valence-electron chi connectivity index (χ2n) is 6.30. The van der Waals surface area contributed by atoms with Crippen molar-refractivity contribution < 1.29 is 14.6 Å². The summed E-state index contributed by atoms with van der Waals surface area (Å²) in [5.41, 5.74) is 4.79. The van der Waals surface area contributed by atoms with E-state index < -0.39 is 11.5 Å². The number of hydrogen-bond acceptors (Lipinski definition) is 3. The summed E-state index contributed by atoms with van der Waals surface area (Å²) in [6.45, 7) is 3.09. The lowest BCUT2D eigenvalue weighted by atomic mass is 9.83. The first-order chi connectivity index (χ1) is 8.49. The lowest BCUT2D eigenvalue weighted by Gasteiger charge is -2.27. The fourth-order valence-electron chi connectivity index (χ4n) is 3.35. The van der Waals surface area contributed by atoms with Gasteiger partial charge in [0.05, 0.1) is 6.10 Å². The number of hydrogen-bond donors (Lipinski definition) is 2. The van der Waals surface area contributed by atoms with Gasteiger partial charge in [0.15, 0.2) is 0 Å². The molecule has 3 N–H and O–H groups in total. The Morgan fingerprint density at radius 2 is 2.22 bits per heavy atom. The maximum Gasteiger partial charge on any atom is 0.323 e. The average molecular weight is 255 g/mol. The largest absolute Gasteiger partial charge is 0.480 e. The smallest absolute Gasteiger partial charge is 0.323 e. The number of ether oxygens (including phenoxy) is 1. The summed E-state index contributed by atoms with van der Waals surface area (Å²) in [5, 5.41) is 9.06. The fraction of sp³-hybridized carbons (Fsp3) is 0.929. The van der Waals surface area contributed by atoms with Crippen LogP contribution in [0.1, 0.15) is 51.9 Å². The molecule has 2 rings (SSSR count). The van der Waals surface area contributed by atoms with E-state index in [-0.39, 0.29) is 6.10 Å². The second kappa shape index (κ2) is 5.57. The Kier molecular flexibility index (Phi) is 4.28. The van der Waals surface area contributed by atoms with Crippen molar-refractivity contribution >= 4 is 5.97 Å². The fourth-order valence-corrected chi connectivity index (χ4v) is 3.35. The van der Waals surface area contributed by atoms with E-state index in [1.54, 1.807) is 0 Å². The van der Waals surface area contributed by atoms with E-state index in [0.29, 0.717) is 18.8 Å². The molecule has 0 aromatic carbocycles. The molecule has 0 aromatic rings. The Morgan fingerprint density at radius 1 is 1.44 bits per heavy atom. The highest BCUT2D eigenvalue weighted by Crippen LogP contribution is 2.33. The molecule has 0 aromatic heterocycles. The van der Waals surface area contributed by atoms with Crippen molar-refractivity contribution in [3.05, 3.63) is 0 Å². The summed E-state index contributed by atoms with van der Waals surface area (Å²) in [5.74, 6) is 0.579. The molecular formula is C14H25NO3. The SMILES string of the molecule is CC1CCCC(COC2CCC(N)(C(=O)O)C2)C1. The number of carboxylic acid groups (broad SMARTS) is 1. The molecule has 2 fully saturated rings. The van der Waals surface area contributed by atoms with Gasteiger partial charge < -0.3 is 15.6 Å². The number of carbonyl (C=O) groups is 1. The van der Waals surface area contributed by atoms with E-state index in [9.17, 15) is 4.79 Å². The molecule has 2 aliphatic rings. The molecule has 0 heterocycles. The standard InChI is InChI=1S/C14H25NO3/c1-10-3-2-4-11(7-10)9-18-12-5-6-14(15,8-12)13(16)17/h10-12H,2-9,15H2,1H3,(H,16,17). The lowest BCUT2D eigenvalue weighted by molar-refractivity contribution is -0.143. The molecule has 2 saturated carbocycles. The monoisotopic (exact) mass is 255 g/mol. The van der Waals surface area contributed by atoms with Gasteiger partial charge >= 0.3 is 5.97 Å². The van der Waals surface area contributed by atoms with Crippen LogP contribution in [0.3, 0.4) is 0 Å². The van der Waals surface area contributed by atoms with Gasteiger partial charge in [-0.25, -0.2) is 0 Å². The van der Waals surface area contributed by atoms with E-state index in [1.807, 2.05) is 0 Å². The molecule has 4 heteroatoms. The highest BCUT2D eigenvalue weighted by molar-refractivity contribution is 5.78. The highest BCUT2D eigenvalue weighted by atomic mass is 16.5. The maximum atomic E-state index is 11.0. The molecule has 0 saturated heterocycles. The quantitative estimate of drug-likeness (QED) is 0.807. The molecule has 104 valence electrons. The summed E-state index contributed by atoms with van der Waals surface area (Å²) in [4.78, 5) is 11.0. The molecule has 4 unspecified atom stereocenters. The van der Waals surface area contributed by atoms with E-state index in [0.717, 1.165) is 18.9 Å². The number of aliphatic carboxylic acids is 1. The summed E-state index contributed by atoms with van der Waals surface area (Å²) < 4.78 is 5.89. The third-order valence-corrected chi connectivity index (χ3v) is 4.54. The Labute approximate surface area is 109 Å². The van der Waals surface area contributed by atoms with Gasteiger partial charge in [-0.05, 0) is 37.5 Å². The number of carboxylic acids is 1. The molecule has 4 nitrogen and oxygen atoms in total. The predicted octanol–water partition coefficient (Wildman–Crippen LogP) is 2.16. The van der Waals surface area contributed by atoms with Crippen molar-refractivity contribution in [2.75, 3.05) is 6.61 Å². The number of rotatable bonds is 4. The maximum absolute atomic E-state index is 11.0. The zero-order chi connectivity index (χ0) is 13.2. The minimum atomic E-state index is -1.05. The third-order valence-electron chi connectivity index (χ3n) is 4.54. The van der Waals surface area contributed by atoms with Crippen LogP contribution < -0.4 is 5.73 Å². The molecule has 0 radical (unpaired) electrons. The van der Waals surface area contributed by atoms with Crippen molar-refractivity contribution in [3.63, 3.8) is 0 Å². The normalized spacial score (nSPS) is 40.9. The van der Waals surface area contributed by atoms with Crippen LogP contribution >= 0.6 is 0 Å². The van der Waals surface area contributed by atoms with Crippen LogP contribution in [0.25, 0.3) is 0 Å². The highest BCUT2D eigenvalue weighted by Gasteiger charge is 2.42. The van der Waals surface area contributed by atoms with Crippen LogP contribution in [0.2, 0.25) is 0 Å². The van der Waals surface area contributed by atoms with Gasteiger partial charge in [0, 0.05) is 13.0 Å². The van der Waals surface area contributed by atoms with Gasteiger partial charge in [0.25, 0.3) is 0 Å². The van der Waals surface area contributed by atoms with Gasteiger partial charge in [-0.15, -0.1) is 0 Å². The van der Waals surface area contributed by atoms with Crippen molar-refractivity contribution in [1.82, 2.24) is 0 Å². The molecular weight excluding hydrogens is 230 g/mol. The Morgan fingerprint density at radius 3 is 2.83 bits per heavy atom. The first-order valence-electron chi connectivity index (χ1n) is 7.13. The van der Waals surface area contributed by atoms with Crippen molar-refractivity contribution in [2.24, 2.45) is 17.6 Å². The van der Waals surface area contributed by atoms with Gasteiger partial charge in [-0.2, -0.15) is 0 Å². The molecule has 0 aliphatic heterocycles. The van der Waals surface area contributed by atoms with Gasteiger partial charge in [-0.1, -0.05) is 19.8 Å². The Balaban J connectivity index is 1.73. The Bertz CT molecular complexity index is 307. The summed E-state index contributed by atoms with van der Waals surface area (Å²) in [7, 11) is 0. The van der Waals surface area contributed by atoms with Gasteiger partial charge in [-0.3, -0.25) is 4.79 Å². The van der Waals surface area contributed by atoms with Crippen LogP contribution in [0.5, 0.6) is 0 Å². The topological polar surface area (TPSA) is 72.5 Å². The minimum absolute atomic E-state index is 0.0448. The minimum Gasteiger partial charge on any atom is -0.480 e. The van der Waals surface area contributed by atoms with Crippen LogP contribution in [0, 0.1) is 11.8 Å². The van der Waals surface area contributed by atoms with Crippen molar-refractivity contribution in [2.45, 2.75) is 63.5 Å². The molecule has 18 heavy (non-hydrogen) atoms. The Hall–Kier alpha value is -0.610. The molecule has 0 bridgehead atoms. The average Bonchev–Trinajstić information content (AvgIpc) is 2.70. The van der Waals surface area contributed by atoms with Crippen molar-refractivity contribution in [3.8, 4) is 0 Å². The molecule has 0 spiro atoms. The first-order valence-corrected chi connectivity index (χ1v) is 7.13. The van der Waals surface area contributed by atoms with E-state index in [1.165, 1.54) is 25.7 Å². The second-order valence-corrected chi connectivity index (χ2v) is 6.30. The summed E-state index contributed by atoms with van der Waals surface area (Å²) >= 11 is 0. The lowest BCUT2D eigenvalue weighted by Crippen LogP contribution is -2.46. The molecule has 0 amide bonds.